The van der Waals surface area contributed by atoms with Gasteiger partial charge < -0.3 is 39.3 Å². The van der Waals surface area contributed by atoms with Crippen molar-refractivity contribution in [1.29, 1.82) is 0 Å². The van der Waals surface area contributed by atoms with Crippen LogP contribution in [0.2, 0.25) is 0 Å². The zero-order valence-corrected chi connectivity index (χ0v) is 27.7. The van der Waals surface area contributed by atoms with E-state index in [0.29, 0.717) is 67.5 Å². The molecule has 3 aromatic heterocycles. The molecule has 1 aromatic carbocycles. The fourth-order valence-electron chi connectivity index (χ4n) is 7.52. The number of amides is 2. The number of carbonyl (C=O) groups excluding carboxylic acids is 2. The predicted molar refractivity (Wildman–Crippen MR) is 178 cm³/mol. The molecule has 2 amide bonds. The van der Waals surface area contributed by atoms with Crippen molar-refractivity contribution in [3.05, 3.63) is 41.6 Å². The van der Waals surface area contributed by atoms with Crippen molar-refractivity contribution in [2.24, 2.45) is 30.5 Å². The van der Waals surface area contributed by atoms with Gasteiger partial charge in [0.1, 0.15) is 16.9 Å². The Labute approximate surface area is 274 Å². The molecule has 0 spiro atoms. The molecule has 0 bridgehead atoms. The number of carbonyl (C=O) groups is 2. The number of nitrogens with two attached hydrogens (primary N) is 1. The molecule has 3 aliphatic rings. The van der Waals surface area contributed by atoms with Gasteiger partial charge >= 0.3 is 0 Å². The normalized spacial score (nSPS) is 24.1. The largest absolute Gasteiger partial charge is 0.494 e. The Morgan fingerprint density at radius 2 is 2.02 bits per heavy atom. The quantitative estimate of drug-likeness (QED) is 0.238. The van der Waals surface area contributed by atoms with Crippen molar-refractivity contribution in [3.63, 3.8) is 0 Å². The Bertz CT molecular complexity index is 1810. The standard InChI is InChI=1S/C35H45N7O5/c1-5-23-7-6-21-15-28(42(33(21)38-23)17-24-20(2)25(24)19-46-12-9-31(36)43)34-39-26-14-22(16-30(45-4)32(26)40(34)3)35(44)41-11-8-29-27(18-41)37-10-13-47-29/h6-7,14-16,20,24-25,27,29,37H,5,8-13,17-19H2,1-4H3,(H2,36,43). The van der Waals surface area contributed by atoms with Crippen LogP contribution >= 0.6 is 0 Å². The second-order valence-electron chi connectivity index (χ2n) is 13.2. The predicted octanol–water partition coefficient (Wildman–Crippen LogP) is 3.14. The minimum atomic E-state index is -0.348. The molecular formula is C35H45N7O5. The second kappa shape index (κ2) is 12.9. The van der Waals surface area contributed by atoms with Crippen molar-refractivity contribution < 1.29 is 23.8 Å². The topological polar surface area (TPSA) is 139 Å². The molecule has 2 aliphatic heterocycles. The summed E-state index contributed by atoms with van der Waals surface area (Å²) in [5.74, 6) is 2.27. The first kappa shape index (κ1) is 31.6. The van der Waals surface area contributed by atoms with E-state index in [1.165, 1.54) is 0 Å². The van der Waals surface area contributed by atoms with Crippen LogP contribution in [0.25, 0.3) is 33.6 Å². The Hall–Kier alpha value is -4.00. The summed E-state index contributed by atoms with van der Waals surface area (Å²) >= 11 is 0. The molecule has 5 heterocycles. The lowest BCUT2D eigenvalue weighted by Crippen LogP contribution is -2.59. The van der Waals surface area contributed by atoms with E-state index in [1.54, 1.807) is 7.11 Å². The van der Waals surface area contributed by atoms with E-state index in [1.807, 2.05) is 24.1 Å². The maximum absolute atomic E-state index is 13.8. The molecule has 1 aliphatic carbocycles. The van der Waals surface area contributed by atoms with Crippen LogP contribution in [0.4, 0.5) is 0 Å². The van der Waals surface area contributed by atoms with Crippen LogP contribution in [-0.2, 0) is 34.3 Å². The lowest BCUT2D eigenvalue weighted by atomic mass is 9.99. The number of piperidine rings is 1. The van der Waals surface area contributed by atoms with E-state index in [-0.39, 0.29) is 30.4 Å². The first-order chi connectivity index (χ1) is 22.8. The molecule has 3 fully saturated rings. The highest BCUT2D eigenvalue weighted by atomic mass is 16.5. The van der Waals surface area contributed by atoms with Gasteiger partial charge in [-0.1, -0.05) is 13.8 Å². The number of nitrogens with one attached hydrogen (secondary N) is 1. The number of aryl methyl sites for hydroxylation is 2. The van der Waals surface area contributed by atoms with Gasteiger partial charge in [0.05, 0.1) is 50.3 Å². The van der Waals surface area contributed by atoms with Crippen LogP contribution < -0.4 is 15.8 Å². The Morgan fingerprint density at radius 3 is 2.81 bits per heavy atom. The van der Waals surface area contributed by atoms with E-state index >= 15 is 0 Å². The van der Waals surface area contributed by atoms with E-state index in [9.17, 15) is 9.59 Å². The summed E-state index contributed by atoms with van der Waals surface area (Å²) in [5.41, 5.74) is 10.3. The molecule has 4 aromatic rings. The number of pyridine rings is 1. The highest BCUT2D eigenvalue weighted by molar-refractivity contribution is 6.00. The minimum Gasteiger partial charge on any atom is -0.494 e. The third-order valence-electron chi connectivity index (χ3n) is 10.4. The summed E-state index contributed by atoms with van der Waals surface area (Å²) in [4.78, 5) is 37.1. The summed E-state index contributed by atoms with van der Waals surface area (Å²) in [6.45, 7) is 8.86. The summed E-state index contributed by atoms with van der Waals surface area (Å²) in [5, 5.41) is 4.57. The number of morpholine rings is 1. The van der Waals surface area contributed by atoms with Crippen LogP contribution in [0, 0.1) is 17.8 Å². The van der Waals surface area contributed by atoms with E-state index in [0.717, 1.165) is 59.7 Å². The van der Waals surface area contributed by atoms with Gasteiger partial charge in [-0.15, -0.1) is 0 Å². The number of hydrogen-bond acceptors (Lipinski definition) is 8. The fourth-order valence-corrected chi connectivity index (χ4v) is 7.52. The summed E-state index contributed by atoms with van der Waals surface area (Å²) in [6, 6.07) is 10.3. The number of aromatic nitrogens is 4. The molecule has 7 rings (SSSR count). The maximum Gasteiger partial charge on any atom is 0.254 e. The Morgan fingerprint density at radius 1 is 1.17 bits per heavy atom. The number of nitrogens with zero attached hydrogens (tertiary/aromatic N) is 5. The highest BCUT2D eigenvalue weighted by Gasteiger charge is 2.47. The summed E-state index contributed by atoms with van der Waals surface area (Å²) in [6.07, 6.45) is 2.04. The number of benzene rings is 1. The average Bonchev–Trinajstić information content (AvgIpc) is 3.36. The van der Waals surface area contributed by atoms with Crippen molar-refractivity contribution in [1.82, 2.24) is 29.3 Å². The number of imidazole rings is 1. The average molecular weight is 644 g/mol. The van der Waals surface area contributed by atoms with E-state index < -0.39 is 0 Å². The van der Waals surface area contributed by atoms with Crippen molar-refractivity contribution in [2.45, 2.75) is 51.8 Å². The van der Waals surface area contributed by atoms with Crippen LogP contribution in [0.5, 0.6) is 5.75 Å². The van der Waals surface area contributed by atoms with Crippen LogP contribution in [0.1, 0.15) is 42.7 Å². The minimum absolute atomic E-state index is 0.0274. The number of fused-ring (bicyclic) bond motifs is 3. The number of rotatable bonds is 11. The van der Waals surface area contributed by atoms with Gasteiger partial charge in [-0.05, 0) is 60.9 Å². The smallest absolute Gasteiger partial charge is 0.254 e. The molecular weight excluding hydrogens is 598 g/mol. The van der Waals surface area contributed by atoms with Crippen molar-refractivity contribution in [3.8, 4) is 17.3 Å². The van der Waals surface area contributed by atoms with Gasteiger partial charge in [0.2, 0.25) is 5.91 Å². The van der Waals surface area contributed by atoms with Gasteiger partial charge in [-0.2, -0.15) is 0 Å². The van der Waals surface area contributed by atoms with Crippen molar-refractivity contribution in [2.75, 3.05) is 46.6 Å². The molecule has 5 atom stereocenters. The van der Waals surface area contributed by atoms with Gasteiger partial charge in [-0.25, -0.2) is 9.97 Å². The lowest BCUT2D eigenvalue weighted by molar-refractivity contribution is -0.119. The summed E-state index contributed by atoms with van der Waals surface area (Å²) < 4.78 is 22.0. The van der Waals surface area contributed by atoms with Gasteiger partial charge in [0, 0.05) is 56.3 Å². The van der Waals surface area contributed by atoms with Crippen LogP contribution in [0.15, 0.2) is 30.3 Å². The van der Waals surface area contributed by atoms with E-state index in [4.69, 9.17) is 29.9 Å². The molecule has 1 saturated carbocycles. The third kappa shape index (κ3) is 5.98. The number of methoxy groups -OCH3 is 1. The van der Waals surface area contributed by atoms with Gasteiger partial charge in [0.15, 0.2) is 5.82 Å². The third-order valence-corrected chi connectivity index (χ3v) is 10.4. The zero-order valence-electron chi connectivity index (χ0n) is 27.7. The molecule has 250 valence electrons. The number of ether oxygens (including phenoxy) is 3. The zero-order chi connectivity index (χ0) is 32.8. The van der Waals surface area contributed by atoms with Gasteiger partial charge in [0.25, 0.3) is 5.91 Å². The molecule has 0 radical (unpaired) electrons. The first-order valence-electron chi connectivity index (χ1n) is 16.8. The van der Waals surface area contributed by atoms with Crippen LogP contribution in [-0.4, -0.2) is 94.5 Å². The molecule has 12 nitrogen and oxygen atoms in total. The maximum atomic E-state index is 13.8. The molecule has 3 N–H and O–H groups in total. The molecule has 5 unspecified atom stereocenters. The Balaban J connectivity index is 1.22. The fraction of sp³-hybridized carbons (Fsp3) is 0.543. The van der Waals surface area contributed by atoms with E-state index in [2.05, 4.69) is 46.5 Å². The lowest BCUT2D eigenvalue weighted by Gasteiger charge is -2.41. The monoisotopic (exact) mass is 643 g/mol. The number of hydrogen-bond donors (Lipinski definition) is 2. The van der Waals surface area contributed by atoms with Gasteiger partial charge in [-0.3, -0.25) is 9.59 Å². The molecule has 12 heteroatoms. The first-order valence-corrected chi connectivity index (χ1v) is 16.8. The SMILES string of the molecule is CCc1ccc2cc(-c3nc4cc(C(=O)N5CCC6OCCNC6C5)cc(OC)c4n3C)n(CC3C(C)C3COCCC(N)=O)c2n1. The highest BCUT2D eigenvalue weighted by Crippen LogP contribution is 2.48. The molecule has 2 saturated heterocycles. The summed E-state index contributed by atoms with van der Waals surface area (Å²) in [7, 11) is 3.63. The Kier molecular flexibility index (Phi) is 8.67. The molecule has 47 heavy (non-hydrogen) atoms. The van der Waals surface area contributed by atoms with Crippen LogP contribution in [0.3, 0.4) is 0 Å². The number of primary amides is 1. The number of likely N-dealkylation sites (tertiary alicyclic amines) is 1. The second-order valence-corrected chi connectivity index (χ2v) is 13.2. The van der Waals surface area contributed by atoms with Crippen molar-refractivity contribution >= 4 is 33.9 Å².